The van der Waals surface area contributed by atoms with Crippen LogP contribution in [-0.4, -0.2) is 19.0 Å². The predicted molar refractivity (Wildman–Crippen MR) is 69.9 cm³/mol. The summed E-state index contributed by atoms with van der Waals surface area (Å²) in [4.78, 5) is 12.2. The highest BCUT2D eigenvalue weighted by Crippen LogP contribution is 2.19. The average Bonchev–Trinajstić information content (AvgIpc) is 2.59. The van der Waals surface area contributed by atoms with Crippen LogP contribution in [0.3, 0.4) is 0 Å². The van der Waals surface area contributed by atoms with Crippen LogP contribution in [0.15, 0.2) is 15.9 Å². The Balaban J connectivity index is 0.00000196. The molecule has 1 aromatic rings. The normalized spacial score (nSPS) is 9.47. The van der Waals surface area contributed by atoms with E-state index in [1.54, 1.807) is 0 Å². The van der Waals surface area contributed by atoms with Crippen molar-refractivity contribution in [3.8, 4) is 0 Å². The van der Waals surface area contributed by atoms with E-state index in [1.807, 2.05) is 11.4 Å². The number of hydrogen-bond donors (Lipinski definition) is 2. The summed E-state index contributed by atoms with van der Waals surface area (Å²) in [6.45, 7) is 1.38. The fourth-order valence-corrected chi connectivity index (χ4v) is 2.33. The first-order valence-electron chi connectivity index (χ1n) is 4.46. The molecule has 0 saturated heterocycles. The Bertz CT molecular complexity index is 306. The van der Waals surface area contributed by atoms with E-state index in [9.17, 15) is 4.79 Å². The molecule has 0 aromatic carbocycles. The van der Waals surface area contributed by atoms with Crippen LogP contribution in [-0.2, 0) is 0 Å². The van der Waals surface area contributed by atoms with E-state index in [0.717, 1.165) is 22.2 Å². The molecule has 0 aliphatic heterocycles. The zero-order valence-electron chi connectivity index (χ0n) is 8.16. The molecular formula is C9H14BrClN2OS. The topological polar surface area (TPSA) is 55.1 Å². The Morgan fingerprint density at radius 1 is 1.53 bits per heavy atom. The van der Waals surface area contributed by atoms with Crippen molar-refractivity contribution in [3.63, 3.8) is 0 Å². The van der Waals surface area contributed by atoms with Gasteiger partial charge < -0.3 is 11.1 Å². The van der Waals surface area contributed by atoms with Gasteiger partial charge in [-0.3, -0.25) is 4.79 Å². The van der Waals surface area contributed by atoms with E-state index in [2.05, 4.69) is 21.2 Å². The van der Waals surface area contributed by atoms with Gasteiger partial charge in [0.25, 0.3) is 5.91 Å². The summed E-state index contributed by atoms with van der Waals surface area (Å²) in [6.07, 6.45) is 1.89. The lowest BCUT2D eigenvalue weighted by Gasteiger charge is -2.01. The summed E-state index contributed by atoms with van der Waals surface area (Å²) in [6, 6.07) is 1.82. The molecule has 86 valence electrons. The first kappa shape index (κ1) is 14.9. The number of carbonyl (C=O) groups excluding carboxylic acids is 1. The molecular weight excluding hydrogens is 300 g/mol. The molecule has 1 amide bonds. The summed E-state index contributed by atoms with van der Waals surface area (Å²) in [7, 11) is 0. The van der Waals surface area contributed by atoms with Gasteiger partial charge in [-0.15, -0.1) is 23.7 Å². The second-order valence-electron chi connectivity index (χ2n) is 2.88. The van der Waals surface area contributed by atoms with Gasteiger partial charge in [0.05, 0.1) is 4.88 Å². The summed E-state index contributed by atoms with van der Waals surface area (Å²) >= 11 is 4.75. The van der Waals surface area contributed by atoms with Crippen LogP contribution in [0.2, 0.25) is 0 Å². The molecule has 1 aromatic heterocycles. The van der Waals surface area contributed by atoms with Crippen LogP contribution in [0.4, 0.5) is 0 Å². The second kappa shape index (κ2) is 8.10. The second-order valence-corrected chi connectivity index (χ2v) is 4.71. The Morgan fingerprint density at radius 3 is 2.80 bits per heavy atom. The van der Waals surface area contributed by atoms with Crippen molar-refractivity contribution in [2.24, 2.45) is 5.73 Å². The summed E-state index contributed by atoms with van der Waals surface area (Å²) < 4.78 is 0.953. The Kier molecular flexibility index (Phi) is 8.04. The fourth-order valence-electron chi connectivity index (χ4n) is 0.990. The van der Waals surface area contributed by atoms with Gasteiger partial charge in [-0.05, 0) is 41.4 Å². The maximum Gasteiger partial charge on any atom is 0.261 e. The Hall–Kier alpha value is -0.100. The average molecular weight is 314 g/mol. The van der Waals surface area contributed by atoms with Crippen LogP contribution in [0.1, 0.15) is 22.5 Å². The number of thiophene rings is 1. The highest BCUT2D eigenvalue weighted by Gasteiger charge is 2.06. The Labute approximate surface area is 108 Å². The number of halogens is 2. The molecule has 0 fully saturated rings. The molecule has 6 heteroatoms. The molecule has 0 aliphatic rings. The zero-order valence-corrected chi connectivity index (χ0v) is 11.4. The minimum Gasteiger partial charge on any atom is -0.351 e. The van der Waals surface area contributed by atoms with Crippen molar-refractivity contribution in [3.05, 3.63) is 20.8 Å². The molecule has 15 heavy (non-hydrogen) atoms. The van der Waals surface area contributed by atoms with Crippen LogP contribution >= 0.6 is 39.7 Å². The van der Waals surface area contributed by atoms with Crippen LogP contribution < -0.4 is 11.1 Å². The number of rotatable bonds is 5. The van der Waals surface area contributed by atoms with Gasteiger partial charge in [-0.2, -0.15) is 0 Å². The van der Waals surface area contributed by atoms with E-state index < -0.39 is 0 Å². The minimum absolute atomic E-state index is 0. The molecule has 0 bridgehead atoms. The van der Waals surface area contributed by atoms with Crippen LogP contribution in [0.5, 0.6) is 0 Å². The van der Waals surface area contributed by atoms with E-state index in [1.165, 1.54) is 11.3 Å². The number of nitrogens with two attached hydrogens (primary N) is 1. The maximum atomic E-state index is 11.5. The van der Waals surface area contributed by atoms with E-state index >= 15 is 0 Å². The van der Waals surface area contributed by atoms with Crippen molar-refractivity contribution in [2.75, 3.05) is 13.1 Å². The molecule has 0 radical (unpaired) electrons. The molecule has 0 saturated carbocycles. The summed E-state index contributed by atoms with van der Waals surface area (Å²) in [5.74, 6) is -0.00211. The van der Waals surface area contributed by atoms with Crippen molar-refractivity contribution in [1.82, 2.24) is 5.32 Å². The van der Waals surface area contributed by atoms with Crippen LogP contribution in [0.25, 0.3) is 0 Å². The van der Waals surface area contributed by atoms with Gasteiger partial charge in [0, 0.05) is 16.4 Å². The molecule has 0 atom stereocenters. The van der Waals surface area contributed by atoms with Crippen molar-refractivity contribution in [1.29, 1.82) is 0 Å². The number of unbranched alkanes of at least 4 members (excludes halogenated alkanes) is 1. The van der Waals surface area contributed by atoms with Gasteiger partial charge in [-0.1, -0.05) is 0 Å². The largest absolute Gasteiger partial charge is 0.351 e. The number of nitrogens with one attached hydrogen (secondary N) is 1. The highest BCUT2D eigenvalue weighted by atomic mass is 79.9. The molecule has 1 heterocycles. The predicted octanol–water partition coefficient (Wildman–Crippen LogP) is 2.40. The first-order chi connectivity index (χ1) is 6.74. The van der Waals surface area contributed by atoms with Gasteiger partial charge in [0.15, 0.2) is 0 Å². The van der Waals surface area contributed by atoms with Gasteiger partial charge in [0.2, 0.25) is 0 Å². The van der Waals surface area contributed by atoms with E-state index in [0.29, 0.717) is 13.1 Å². The fraction of sp³-hybridized carbons (Fsp3) is 0.444. The van der Waals surface area contributed by atoms with Gasteiger partial charge in [-0.25, -0.2) is 0 Å². The summed E-state index contributed by atoms with van der Waals surface area (Å²) in [5, 5.41) is 4.74. The van der Waals surface area contributed by atoms with Crippen molar-refractivity contribution >= 4 is 45.6 Å². The molecule has 0 unspecified atom stereocenters. The van der Waals surface area contributed by atoms with Crippen molar-refractivity contribution < 1.29 is 4.79 Å². The van der Waals surface area contributed by atoms with Crippen molar-refractivity contribution in [2.45, 2.75) is 12.8 Å². The smallest absolute Gasteiger partial charge is 0.261 e. The minimum atomic E-state index is -0.00211. The van der Waals surface area contributed by atoms with E-state index in [-0.39, 0.29) is 18.3 Å². The third kappa shape index (κ3) is 5.51. The lowest BCUT2D eigenvalue weighted by atomic mass is 10.3. The lowest BCUT2D eigenvalue weighted by molar-refractivity contribution is 0.0957. The van der Waals surface area contributed by atoms with Gasteiger partial charge >= 0.3 is 0 Å². The highest BCUT2D eigenvalue weighted by molar-refractivity contribution is 9.10. The monoisotopic (exact) mass is 312 g/mol. The number of amides is 1. The number of carbonyl (C=O) groups is 1. The third-order valence-electron chi connectivity index (χ3n) is 1.71. The van der Waals surface area contributed by atoms with E-state index in [4.69, 9.17) is 5.73 Å². The lowest BCUT2D eigenvalue weighted by Crippen LogP contribution is -2.23. The number of hydrogen-bond acceptors (Lipinski definition) is 3. The molecule has 3 nitrogen and oxygen atoms in total. The maximum absolute atomic E-state index is 11.5. The Morgan fingerprint density at radius 2 is 2.27 bits per heavy atom. The quantitative estimate of drug-likeness (QED) is 0.820. The first-order valence-corrected chi connectivity index (χ1v) is 6.13. The summed E-state index contributed by atoms with van der Waals surface area (Å²) in [5.41, 5.74) is 5.34. The molecule has 1 rings (SSSR count). The SMILES string of the molecule is Cl.NCCCCNC(=O)c1cc(Br)cs1. The standard InChI is InChI=1S/C9H13BrN2OS.ClH/c10-7-5-8(14-6-7)9(13)12-4-2-1-3-11;/h5-6H,1-4,11H2,(H,12,13);1H. The molecule has 0 spiro atoms. The zero-order chi connectivity index (χ0) is 10.4. The third-order valence-corrected chi connectivity index (χ3v) is 3.40. The molecule has 0 aliphatic carbocycles. The van der Waals surface area contributed by atoms with Crippen LogP contribution in [0, 0.1) is 0 Å². The van der Waals surface area contributed by atoms with Gasteiger partial charge in [0.1, 0.15) is 0 Å². The molecule has 3 N–H and O–H groups in total.